The second-order valence-corrected chi connectivity index (χ2v) is 10.1. The van der Waals surface area contributed by atoms with Gasteiger partial charge >= 0.3 is 5.97 Å². The van der Waals surface area contributed by atoms with Crippen molar-refractivity contribution in [1.29, 1.82) is 0 Å². The molecule has 42 heavy (non-hydrogen) atoms. The van der Waals surface area contributed by atoms with Gasteiger partial charge < -0.3 is 20.1 Å². The first-order chi connectivity index (χ1) is 20.6. The molecule has 3 N–H and O–H groups in total. The Hall–Kier alpha value is -5.43. The highest BCUT2D eigenvalue weighted by Gasteiger charge is 2.21. The maximum absolute atomic E-state index is 13.1. The van der Waals surface area contributed by atoms with Gasteiger partial charge in [-0.05, 0) is 53.6 Å². The number of hydrogen-bond acceptors (Lipinski definition) is 5. The van der Waals surface area contributed by atoms with E-state index in [0.29, 0.717) is 23.4 Å². The third-order valence-electron chi connectivity index (χ3n) is 7.35. The Labute approximate surface area is 242 Å². The summed E-state index contributed by atoms with van der Waals surface area (Å²) in [5.74, 6) is -0.516. The predicted octanol–water partition coefficient (Wildman–Crippen LogP) is 6.68. The molecule has 0 aliphatic carbocycles. The molecule has 6 rings (SSSR count). The Morgan fingerprint density at radius 2 is 1.64 bits per heavy atom. The molecule has 0 saturated heterocycles. The number of rotatable bonds is 11. The number of benzene rings is 4. The van der Waals surface area contributed by atoms with E-state index in [0.717, 1.165) is 28.8 Å². The fraction of sp³-hybridized carbons (Fsp3) is 0.114. The molecule has 0 bridgehead atoms. The Kier molecular flexibility index (Phi) is 7.64. The molecule has 1 atom stereocenters. The normalized spacial score (nSPS) is 11.8. The molecule has 0 amide bonds. The lowest BCUT2D eigenvalue weighted by atomic mass is 10.0. The number of H-pyrrole nitrogens is 1. The Balaban J connectivity index is 1.10. The zero-order valence-electron chi connectivity index (χ0n) is 22.8. The highest BCUT2D eigenvalue weighted by Crippen LogP contribution is 2.28. The van der Waals surface area contributed by atoms with E-state index in [4.69, 9.17) is 4.74 Å². The number of anilines is 1. The van der Waals surface area contributed by atoms with Gasteiger partial charge in [-0.3, -0.25) is 9.78 Å². The van der Waals surface area contributed by atoms with E-state index in [1.807, 2.05) is 36.4 Å². The minimum atomic E-state index is -1.01. The third-order valence-corrected chi connectivity index (χ3v) is 7.35. The fourth-order valence-electron chi connectivity index (χ4n) is 5.23. The van der Waals surface area contributed by atoms with E-state index < -0.39 is 12.0 Å². The first-order valence-electron chi connectivity index (χ1n) is 13.8. The Morgan fingerprint density at radius 1 is 0.857 bits per heavy atom. The van der Waals surface area contributed by atoms with Crippen molar-refractivity contribution in [3.8, 4) is 5.75 Å². The van der Waals surface area contributed by atoms with Crippen LogP contribution >= 0.6 is 0 Å². The van der Waals surface area contributed by atoms with Crippen LogP contribution in [0.2, 0.25) is 0 Å². The topological polar surface area (TPSA) is 104 Å². The second kappa shape index (κ2) is 12.0. The molecular weight excluding hydrogens is 526 g/mol. The number of fused-ring (bicyclic) bond motifs is 3. The average Bonchev–Trinajstić information content (AvgIpc) is 3.41. The van der Waals surface area contributed by atoms with Crippen LogP contribution in [0.15, 0.2) is 116 Å². The van der Waals surface area contributed by atoms with Crippen LogP contribution in [0.25, 0.3) is 21.8 Å². The lowest BCUT2D eigenvalue weighted by Gasteiger charge is -2.18. The number of hydrogen-bond donors (Lipinski definition) is 3. The molecule has 0 saturated carbocycles. The van der Waals surface area contributed by atoms with Crippen LogP contribution in [-0.4, -0.2) is 39.5 Å². The van der Waals surface area contributed by atoms with Crippen LogP contribution in [-0.2, 0) is 17.6 Å². The van der Waals surface area contributed by atoms with Crippen molar-refractivity contribution < 1.29 is 19.4 Å². The molecule has 6 aromatic rings. The largest absolute Gasteiger partial charge is 0.493 e. The number of nitrogens with one attached hydrogen (secondary N) is 2. The Morgan fingerprint density at radius 3 is 2.45 bits per heavy atom. The maximum atomic E-state index is 13.1. The van der Waals surface area contributed by atoms with Gasteiger partial charge in [0, 0.05) is 63.9 Å². The van der Waals surface area contributed by atoms with Gasteiger partial charge in [0.15, 0.2) is 5.78 Å². The fourth-order valence-corrected chi connectivity index (χ4v) is 5.23. The van der Waals surface area contributed by atoms with E-state index in [1.54, 1.807) is 42.6 Å². The first kappa shape index (κ1) is 26.8. The number of aromatic nitrogens is 2. The van der Waals surface area contributed by atoms with Gasteiger partial charge in [-0.1, -0.05) is 60.7 Å². The zero-order valence-corrected chi connectivity index (χ0v) is 22.8. The quantitative estimate of drug-likeness (QED) is 0.154. The molecule has 0 aliphatic rings. The molecule has 0 fully saturated rings. The number of nitrogens with zero attached hydrogens (tertiary/aromatic N) is 1. The molecule has 0 aliphatic heterocycles. The van der Waals surface area contributed by atoms with Crippen molar-refractivity contribution in [1.82, 2.24) is 9.97 Å². The molecule has 7 nitrogen and oxygen atoms in total. The van der Waals surface area contributed by atoms with Gasteiger partial charge in [0.2, 0.25) is 0 Å². The summed E-state index contributed by atoms with van der Waals surface area (Å²) in [5.41, 5.74) is 5.57. The molecule has 0 spiro atoms. The Bertz CT molecular complexity index is 1860. The summed E-state index contributed by atoms with van der Waals surface area (Å²) in [7, 11) is 0. The van der Waals surface area contributed by atoms with Crippen molar-refractivity contribution in [3.05, 3.63) is 138 Å². The van der Waals surface area contributed by atoms with E-state index in [2.05, 4.69) is 45.6 Å². The van der Waals surface area contributed by atoms with Crippen molar-refractivity contribution in [2.45, 2.75) is 18.9 Å². The monoisotopic (exact) mass is 555 g/mol. The van der Waals surface area contributed by atoms with Crippen molar-refractivity contribution in [3.63, 3.8) is 0 Å². The summed E-state index contributed by atoms with van der Waals surface area (Å²) < 4.78 is 6.03. The minimum absolute atomic E-state index is 0.224. The summed E-state index contributed by atoms with van der Waals surface area (Å²) in [6, 6.07) is 31.4. The second-order valence-electron chi connectivity index (χ2n) is 10.1. The number of aliphatic carboxylic acids is 1. The smallest absolute Gasteiger partial charge is 0.326 e. The van der Waals surface area contributed by atoms with Gasteiger partial charge in [-0.2, -0.15) is 0 Å². The van der Waals surface area contributed by atoms with Crippen LogP contribution in [0, 0.1) is 0 Å². The molecule has 4 aromatic carbocycles. The van der Waals surface area contributed by atoms with Crippen molar-refractivity contribution in [2.75, 3.05) is 11.9 Å². The van der Waals surface area contributed by atoms with E-state index in [-0.39, 0.29) is 12.2 Å². The summed E-state index contributed by atoms with van der Waals surface area (Å²) in [4.78, 5) is 32.8. The highest BCUT2D eigenvalue weighted by molar-refractivity contribution is 6.12. The van der Waals surface area contributed by atoms with Crippen molar-refractivity contribution >= 4 is 39.2 Å². The number of aromatic amines is 1. The van der Waals surface area contributed by atoms with Crippen LogP contribution in [0.3, 0.4) is 0 Å². The molecule has 7 heteroatoms. The number of carbonyl (C=O) groups is 2. The van der Waals surface area contributed by atoms with E-state index >= 15 is 0 Å². The van der Waals surface area contributed by atoms with Crippen LogP contribution in [0.5, 0.6) is 5.75 Å². The van der Waals surface area contributed by atoms with Gasteiger partial charge in [0.1, 0.15) is 11.8 Å². The van der Waals surface area contributed by atoms with Gasteiger partial charge in [-0.15, -0.1) is 0 Å². The summed E-state index contributed by atoms with van der Waals surface area (Å²) in [6.07, 6.45) is 4.07. The van der Waals surface area contributed by atoms with E-state index in [9.17, 15) is 14.7 Å². The SMILES string of the molecule is O=C(c1cccnc1)c1ccccc1NC(Cc1ccc(OCCc2cccc3c2[nH]c2ccccc23)cc1)C(=O)O. The summed E-state index contributed by atoms with van der Waals surface area (Å²) in [5, 5.41) is 15.4. The van der Waals surface area contributed by atoms with E-state index in [1.165, 1.54) is 22.5 Å². The minimum Gasteiger partial charge on any atom is -0.493 e. The molecule has 208 valence electrons. The zero-order chi connectivity index (χ0) is 28.9. The molecular formula is C35H29N3O4. The van der Waals surface area contributed by atoms with Crippen LogP contribution < -0.4 is 10.1 Å². The lowest BCUT2D eigenvalue weighted by molar-refractivity contribution is -0.137. The van der Waals surface area contributed by atoms with Crippen LogP contribution in [0.1, 0.15) is 27.0 Å². The summed E-state index contributed by atoms with van der Waals surface area (Å²) >= 11 is 0. The number of pyridine rings is 1. The molecule has 1 unspecified atom stereocenters. The van der Waals surface area contributed by atoms with Crippen LogP contribution in [0.4, 0.5) is 5.69 Å². The lowest BCUT2D eigenvalue weighted by Crippen LogP contribution is -2.32. The number of carbonyl (C=O) groups excluding carboxylic acids is 1. The van der Waals surface area contributed by atoms with Gasteiger partial charge in [0.05, 0.1) is 6.61 Å². The third kappa shape index (κ3) is 5.71. The number of para-hydroxylation sites is 3. The first-order valence-corrected chi connectivity index (χ1v) is 13.8. The average molecular weight is 556 g/mol. The number of carboxylic acids is 1. The molecule has 2 heterocycles. The molecule has 2 aromatic heterocycles. The maximum Gasteiger partial charge on any atom is 0.326 e. The van der Waals surface area contributed by atoms with Gasteiger partial charge in [0.25, 0.3) is 0 Å². The van der Waals surface area contributed by atoms with Gasteiger partial charge in [-0.25, -0.2) is 4.79 Å². The van der Waals surface area contributed by atoms with Crippen molar-refractivity contribution in [2.24, 2.45) is 0 Å². The number of ketones is 1. The highest BCUT2D eigenvalue weighted by atomic mass is 16.5. The number of ether oxygens (including phenoxy) is 1. The number of carboxylic acid groups (broad SMARTS) is 1. The predicted molar refractivity (Wildman–Crippen MR) is 164 cm³/mol. The standard InChI is InChI=1S/C35H29N3O4/c39-34(25-8-6-19-36-22-25)29-10-2-4-13-31(29)37-32(35(40)41)21-23-14-16-26(17-15-23)42-20-18-24-7-5-11-28-27-9-1-3-12-30(27)38-33(24)28/h1-17,19,22,32,37-38H,18,20-21H2,(H,40,41). The molecule has 0 radical (unpaired) electrons. The summed E-state index contributed by atoms with van der Waals surface area (Å²) in [6.45, 7) is 0.509.